The van der Waals surface area contributed by atoms with Crippen LogP contribution in [0.15, 0.2) is 24.3 Å². The van der Waals surface area contributed by atoms with Crippen molar-refractivity contribution in [1.82, 2.24) is 9.62 Å². The fourth-order valence-electron chi connectivity index (χ4n) is 1.71. The molecule has 1 amide bonds. The Morgan fingerprint density at radius 1 is 1.26 bits per heavy atom. The first kappa shape index (κ1) is 19.4. The second kappa shape index (κ2) is 9.49. The summed E-state index contributed by atoms with van der Waals surface area (Å²) in [6.45, 7) is 1.38. The van der Waals surface area contributed by atoms with Crippen LogP contribution < -0.4 is 10.1 Å². The van der Waals surface area contributed by atoms with Crippen molar-refractivity contribution >= 4 is 15.9 Å². The molecular weight excluding hydrogens is 320 g/mol. The van der Waals surface area contributed by atoms with Crippen molar-refractivity contribution in [3.8, 4) is 5.75 Å². The highest BCUT2D eigenvalue weighted by atomic mass is 32.2. The van der Waals surface area contributed by atoms with Crippen LogP contribution in [0, 0.1) is 0 Å². The Balaban J connectivity index is 2.38. The molecule has 0 spiro atoms. The van der Waals surface area contributed by atoms with Gasteiger partial charge in [0.2, 0.25) is 10.0 Å². The summed E-state index contributed by atoms with van der Waals surface area (Å²) in [7, 11) is -0.0706. The van der Waals surface area contributed by atoms with Gasteiger partial charge in [0, 0.05) is 33.9 Å². The van der Waals surface area contributed by atoms with E-state index in [-0.39, 0.29) is 12.5 Å². The Hall–Kier alpha value is -1.64. The van der Waals surface area contributed by atoms with E-state index in [1.165, 1.54) is 11.4 Å². The molecular formula is C15H24N2O5S. The molecule has 0 unspecified atom stereocenters. The van der Waals surface area contributed by atoms with Gasteiger partial charge < -0.3 is 14.8 Å². The van der Waals surface area contributed by atoms with Crippen LogP contribution in [0.25, 0.3) is 0 Å². The van der Waals surface area contributed by atoms with Crippen LogP contribution in [0.2, 0.25) is 0 Å². The first-order valence-corrected chi connectivity index (χ1v) is 9.06. The van der Waals surface area contributed by atoms with Gasteiger partial charge in [0.1, 0.15) is 5.75 Å². The van der Waals surface area contributed by atoms with Crippen molar-refractivity contribution in [1.29, 1.82) is 0 Å². The van der Waals surface area contributed by atoms with E-state index in [9.17, 15) is 13.2 Å². The molecule has 0 saturated heterocycles. The van der Waals surface area contributed by atoms with Crippen LogP contribution in [0.5, 0.6) is 5.75 Å². The average Bonchev–Trinajstić information content (AvgIpc) is 2.50. The zero-order valence-electron chi connectivity index (χ0n) is 13.7. The summed E-state index contributed by atoms with van der Waals surface area (Å²) in [5.41, 5.74) is 0.842. The minimum atomic E-state index is -3.21. The van der Waals surface area contributed by atoms with Gasteiger partial charge in [-0.05, 0) is 24.1 Å². The maximum Gasteiger partial charge on any atom is 0.257 e. The molecule has 0 aromatic heterocycles. The maximum absolute atomic E-state index is 11.6. The monoisotopic (exact) mass is 344 g/mol. The number of rotatable bonds is 10. The quantitative estimate of drug-likeness (QED) is 0.629. The predicted molar refractivity (Wildman–Crippen MR) is 87.8 cm³/mol. The fourth-order valence-corrected chi connectivity index (χ4v) is 2.09. The summed E-state index contributed by atoms with van der Waals surface area (Å²) in [6, 6.07) is 6.97. The van der Waals surface area contributed by atoms with E-state index < -0.39 is 10.0 Å². The Morgan fingerprint density at radius 2 is 1.91 bits per heavy atom. The van der Waals surface area contributed by atoms with Gasteiger partial charge in [-0.2, -0.15) is 0 Å². The number of nitrogens with one attached hydrogen (secondary N) is 1. The van der Waals surface area contributed by atoms with Crippen LogP contribution in [0.1, 0.15) is 12.0 Å². The smallest absolute Gasteiger partial charge is 0.257 e. The van der Waals surface area contributed by atoms with E-state index in [1.54, 1.807) is 31.4 Å². The number of hydrogen-bond acceptors (Lipinski definition) is 5. The van der Waals surface area contributed by atoms with Crippen LogP contribution in [0.3, 0.4) is 0 Å². The van der Waals surface area contributed by atoms with Crippen molar-refractivity contribution in [2.75, 3.05) is 40.2 Å². The largest absolute Gasteiger partial charge is 0.484 e. The topological polar surface area (TPSA) is 84.9 Å². The maximum atomic E-state index is 11.6. The van der Waals surface area contributed by atoms with Gasteiger partial charge in [-0.1, -0.05) is 12.1 Å². The number of sulfonamides is 1. The Labute approximate surface area is 137 Å². The summed E-state index contributed by atoms with van der Waals surface area (Å²) in [4.78, 5) is 11.6. The minimum Gasteiger partial charge on any atom is -0.484 e. The zero-order chi connectivity index (χ0) is 17.3. The van der Waals surface area contributed by atoms with E-state index in [1.807, 2.05) is 0 Å². The second-order valence-corrected chi connectivity index (χ2v) is 7.24. The Morgan fingerprint density at radius 3 is 2.48 bits per heavy atom. The Kier molecular flexibility index (Phi) is 8.01. The zero-order valence-corrected chi connectivity index (χ0v) is 14.6. The van der Waals surface area contributed by atoms with Crippen molar-refractivity contribution in [3.63, 3.8) is 0 Å². The van der Waals surface area contributed by atoms with Crippen LogP contribution in [-0.4, -0.2) is 58.8 Å². The van der Waals surface area contributed by atoms with Crippen molar-refractivity contribution < 1.29 is 22.7 Å². The lowest BCUT2D eigenvalue weighted by Crippen LogP contribution is -2.30. The van der Waals surface area contributed by atoms with Gasteiger partial charge in [-0.3, -0.25) is 4.79 Å². The van der Waals surface area contributed by atoms with Crippen molar-refractivity contribution in [3.05, 3.63) is 29.8 Å². The van der Waals surface area contributed by atoms with Gasteiger partial charge in [0.05, 0.1) is 6.26 Å². The third-order valence-corrected chi connectivity index (χ3v) is 4.37. The summed E-state index contributed by atoms with van der Waals surface area (Å²) in [5.74, 6) is 0.366. The molecule has 0 heterocycles. The van der Waals surface area contributed by atoms with E-state index in [2.05, 4.69) is 5.32 Å². The van der Waals surface area contributed by atoms with Gasteiger partial charge in [-0.25, -0.2) is 12.7 Å². The molecule has 7 nitrogen and oxygen atoms in total. The predicted octanol–water partition coefficient (Wildman–Crippen LogP) is 0.610. The lowest BCUT2D eigenvalue weighted by molar-refractivity contribution is -0.123. The summed E-state index contributed by atoms with van der Waals surface area (Å²) in [6.07, 6.45) is 1.92. The normalized spacial score (nSPS) is 11.5. The first-order valence-electron chi connectivity index (χ1n) is 7.21. The number of benzene rings is 1. The Bertz CT molecular complexity index is 586. The minimum absolute atomic E-state index is 0.0599. The average molecular weight is 344 g/mol. The number of nitrogens with zero attached hydrogens (tertiary/aromatic N) is 1. The third kappa shape index (κ3) is 7.96. The van der Waals surface area contributed by atoms with Crippen LogP contribution >= 0.6 is 0 Å². The molecule has 1 rings (SSSR count). The van der Waals surface area contributed by atoms with Crippen molar-refractivity contribution in [2.24, 2.45) is 0 Å². The molecule has 0 fully saturated rings. The standard InChI is InChI=1S/C15H24N2O5S/c1-17(23(3,19)20)11-13-5-7-14(8-6-13)22-12-15(18)16-9-4-10-21-2/h5-8H,4,9-12H2,1-3H3,(H,16,18). The summed E-state index contributed by atoms with van der Waals surface area (Å²) in [5, 5.41) is 2.72. The molecule has 8 heteroatoms. The molecule has 0 aliphatic heterocycles. The molecule has 0 aliphatic carbocycles. The summed E-state index contributed by atoms with van der Waals surface area (Å²) >= 11 is 0. The lowest BCUT2D eigenvalue weighted by Gasteiger charge is -2.14. The fraction of sp³-hybridized carbons (Fsp3) is 0.533. The first-order chi connectivity index (χ1) is 10.8. The summed E-state index contributed by atoms with van der Waals surface area (Å²) < 4.78 is 34.2. The highest BCUT2D eigenvalue weighted by Crippen LogP contribution is 2.14. The molecule has 23 heavy (non-hydrogen) atoms. The van der Waals surface area contributed by atoms with Crippen LogP contribution in [-0.2, 0) is 26.1 Å². The molecule has 130 valence electrons. The van der Waals surface area contributed by atoms with Crippen LogP contribution in [0.4, 0.5) is 0 Å². The number of methoxy groups -OCH3 is 1. The van der Waals surface area contributed by atoms with Gasteiger partial charge in [-0.15, -0.1) is 0 Å². The van der Waals surface area contributed by atoms with Gasteiger partial charge in [0.15, 0.2) is 6.61 Å². The van der Waals surface area contributed by atoms with Gasteiger partial charge >= 0.3 is 0 Å². The molecule has 0 atom stereocenters. The van der Waals surface area contributed by atoms with E-state index in [0.717, 1.165) is 18.2 Å². The number of carbonyl (C=O) groups is 1. The number of hydrogen-bond donors (Lipinski definition) is 1. The van der Waals surface area contributed by atoms with E-state index in [0.29, 0.717) is 25.4 Å². The number of ether oxygens (including phenoxy) is 2. The number of amides is 1. The molecule has 1 aromatic rings. The molecule has 0 radical (unpaired) electrons. The van der Waals surface area contributed by atoms with Gasteiger partial charge in [0.25, 0.3) is 5.91 Å². The number of carbonyl (C=O) groups excluding carboxylic acids is 1. The lowest BCUT2D eigenvalue weighted by atomic mass is 10.2. The molecule has 0 aliphatic rings. The van der Waals surface area contributed by atoms with Crippen molar-refractivity contribution in [2.45, 2.75) is 13.0 Å². The third-order valence-electron chi connectivity index (χ3n) is 3.11. The molecule has 0 bridgehead atoms. The highest BCUT2D eigenvalue weighted by molar-refractivity contribution is 7.88. The highest BCUT2D eigenvalue weighted by Gasteiger charge is 2.11. The molecule has 0 saturated carbocycles. The van der Waals surface area contributed by atoms with E-state index >= 15 is 0 Å². The second-order valence-electron chi connectivity index (χ2n) is 5.15. The van der Waals surface area contributed by atoms with E-state index in [4.69, 9.17) is 9.47 Å². The molecule has 1 aromatic carbocycles. The molecule has 1 N–H and O–H groups in total. The SMILES string of the molecule is COCCCNC(=O)COc1ccc(CN(C)S(C)(=O)=O)cc1.